The second-order valence-electron chi connectivity index (χ2n) is 9.08. The van der Waals surface area contributed by atoms with Crippen molar-refractivity contribution in [2.24, 2.45) is 4.99 Å². The van der Waals surface area contributed by atoms with Gasteiger partial charge in [0.15, 0.2) is 5.84 Å². The van der Waals surface area contributed by atoms with Gasteiger partial charge in [-0.1, -0.05) is 68.3 Å². The van der Waals surface area contributed by atoms with Gasteiger partial charge in [-0.3, -0.25) is 25.1 Å². The number of hydrazine groups is 1. The first-order valence-electron chi connectivity index (χ1n) is 12.4. The number of nitrogens with zero attached hydrogens (tertiary/aromatic N) is 3. The number of Topliss-reactive ketones (excluding diaryl/α,β-unsaturated/α-hetero) is 1. The Labute approximate surface area is 211 Å². The van der Waals surface area contributed by atoms with E-state index in [1.54, 1.807) is 24.0 Å². The van der Waals surface area contributed by atoms with Crippen molar-refractivity contribution in [2.75, 3.05) is 13.7 Å². The molecule has 9 nitrogen and oxygen atoms in total. The van der Waals surface area contributed by atoms with E-state index in [1.165, 1.54) is 17.5 Å². The molecule has 2 amide bonds. The Balaban J connectivity index is 1.45. The van der Waals surface area contributed by atoms with Crippen molar-refractivity contribution in [3.63, 3.8) is 0 Å². The van der Waals surface area contributed by atoms with E-state index in [1.807, 2.05) is 37.4 Å². The van der Waals surface area contributed by atoms with Crippen molar-refractivity contribution in [3.8, 4) is 0 Å². The van der Waals surface area contributed by atoms with Crippen LogP contribution >= 0.6 is 0 Å². The van der Waals surface area contributed by atoms with Crippen LogP contribution in [0.25, 0.3) is 0 Å². The molecule has 2 heterocycles. The van der Waals surface area contributed by atoms with Crippen LogP contribution in [0.15, 0.2) is 71.5 Å². The molecule has 1 aromatic carbocycles. The number of aliphatic imine (C=N–C) groups is 1. The largest absolute Gasteiger partial charge is 0.491 e. The average Bonchev–Trinajstić information content (AvgIpc) is 3.35. The fourth-order valence-electron chi connectivity index (χ4n) is 4.73. The van der Waals surface area contributed by atoms with E-state index in [2.05, 4.69) is 22.3 Å². The highest BCUT2D eigenvalue weighted by molar-refractivity contribution is 6.39. The number of ketones is 1. The molecular weight excluding hydrogens is 458 g/mol. The molecule has 1 aliphatic carbocycles. The fourth-order valence-corrected chi connectivity index (χ4v) is 4.73. The van der Waals surface area contributed by atoms with Crippen molar-refractivity contribution in [3.05, 3.63) is 72.0 Å². The minimum atomic E-state index is -0.920. The highest BCUT2D eigenvalue weighted by atomic mass is 16.5. The fraction of sp³-hybridized carbons (Fsp3) is 0.407. The molecular formula is C27H33N5O4. The lowest BCUT2D eigenvalue weighted by Crippen LogP contribution is -2.65. The van der Waals surface area contributed by atoms with Gasteiger partial charge in [-0.05, 0) is 25.8 Å². The number of carbonyl (C=O) groups excluding carboxylic acids is 3. The summed E-state index contributed by atoms with van der Waals surface area (Å²) in [5, 5.41) is 4.25. The summed E-state index contributed by atoms with van der Waals surface area (Å²) in [6, 6.07) is 8.63. The third-order valence-corrected chi connectivity index (χ3v) is 6.77. The van der Waals surface area contributed by atoms with Crippen molar-refractivity contribution in [1.29, 1.82) is 0 Å². The molecule has 2 atom stereocenters. The topological polar surface area (TPSA) is 103 Å². The molecule has 190 valence electrons. The van der Waals surface area contributed by atoms with Crippen LogP contribution < -0.4 is 10.7 Å². The highest BCUT2D eigenvalue weighted by Crippen LogP contribution is 2.25. The van der Waals surface area contributed by atoms with E-state index in [4.69, 9.17) is 4.74 Å². The maximum absolute atomic E-state index is 13.3. The smallest absolute Gasteiger partial charge is 0.313 e. The molecule has 2 unspecified atom stereocenters. The Morgan fingerprint density at radius 3 is 2.61 bits per heavy atom. The molecule has 9 heteroatoms. The third-order valence-electron chi connectivity index (χ3n) is 6.77. The second-order valence-corrected chi connectivity index (χ2v) is 9.08. The van der Waals surface area contributed by atoms with Crippen LogP contribution in [-0.4, -0.2) is 65.4 Å². The minimum Gasteiger partial charge on any atom is -0.491 e. The molecule has 2 N–H and O–H groups in total. The van der Waals surface area contributed by atoms with E-state index in [9.17, 15) is 14.4 Å². The first-order chi connectivity index (χ1) is 17.4. The van der Waals surface area contributed by atoms with Gasteiger partial charge in [0.2, 0.25) is 12.1 Å². The summed E-state index contributed by atoms with van der Waals surface area (Å²) in [6.07, 6.45) is 9.50. The van der Waals surface area contributed by atoms with Gasteiger partial charge in [0, 0.05) is 18.7 Å². The van der Waals surface area contributed by atoms with Crippen LogP contribution in [0.2, 0.25) is 0 Å². The minimum absolute atomic E-state index is 0.136. The summed E-state index contributed by atoms with van der Waals surface area (Å²) in [5.74, 6) is -0.678. The van der Waals surface area contributed by atoms with Gasteiger partial charge in [0.05, 0.1) is 5.57 Å². The third kappa shape index (κ3) is 5.26. The molecule has 36 heavy (non-hydrogen) atoms. The quantitative estimate of drug-likeness (QED) is 0.251. The van der Waals surface area contributed by atoms with Gasteiger partial charge in [-0.15, -0.1) is 0 Å². The van der Waals surface area contributed by atoms with Gasteiger partial charge < -0.3 is 9.64 Å². The molecule has 1 saturated heterocycles. The van der Waals surface area contributed by atoms with Crippen LogP contribution in [0.4, 0.5) is 0 Å². The molecule has 1 saturated carbocycles. The molecule has 1 aromatic rings. The van der Waals surface area contributed by atoms with Gasteiger partial charge >= 0.3 is 5.91 Å². The summed E-state index contributed by atoms with van der Waals surface area (Å²) in [4.78, 5) is 45.2. The number of carbonyl (C=O) groups is 3. The van der Waals surface area contributed by atoms with Crippen LogP contribution in [0, 0.1) is 0 Å². The summed E-state index contributed by atoms with van der Waals surface area (Å²) in [6.45, 7) is 5.37. The number of rotatable bonds is 8. The number of hydrogen-bond donors (Lipinski definition) is 2. The van der Waals surface area contributed by atoms with Crippen molar-refractivity contribution >= 4 is 23.4 Å². The van der Waals surface area contributed by atoms with Crippen LogP contribution in [0.3, 0.4) is 0 Å². The highest BCUT2D eigenvalue weighted by Gasteiger charge is 2.44. The maximum Gasteiger partial charge on any atom is 0.313 e. The van der Waals surface area contributed by atoms with Gasteiger partial charge in [-0.2, -0.15) is 0 Å². The molecule has 4 rings (SSSR count). The Bertz CT molecular complexity index is 1100. The lowest BCUT2D eigenvalue weighted by atomic mass is 9.94. The molecule has 0 bridgehead atoms. The van der Waals surface area contributed by atoms with E-state index in [0.717, 1.165) is 31.2 Å². The zero-order valence-electron chi connectivity index (χ0n) is 20.8. The summed E-state index contributed by atoms with van der Waals surface area (Å²) >= 11 is 0. The molecule has 0 aromatic heterocycles. The van der Waals surface area contributed by atoms with E-state index in [0.29, 0.717) is 17.2 Å². The number of amides is 2. The van der Waals surface area contributed by atoms with E-state index < -0.39 is 24.0 Å². The van der Waals surface area contributed by atoms with Crippen molar-refractivity contribution in [2.45, 2.75) is 57.4 Å². The molecule has 0 radical (unpaired) electrons. The molecule has 2 aliphatic heterocycles. The first-order valence-corrected chi connectivity index (χ1v) is 12.4. The Hall–Kier alpha value is -3.72. The van der Waals surface area contributed by atoms with Crippen molar-refractivity contribution < 1.29 is 19.1 Å². The predicted molar refractivity (Wildman–Crippen MR) is 136 cm³/mol. The summed E-state index contributed by atoms with van der Waals surface area (Å²) < 4.78 is 5.96. The average molecular weight is 492 g/mol. The van der Waals surface area contributed by atoms with Crippen LogP contribution in [0.5, 0.6) is 0 Å². The van der Waals surface area contributed by atoms with E-state index >= 15 is 0 Å². The normalized spacial score (nSPS) is 23.1. The zero-order chi connectivity index (χ0) is 25.7. The molecule has 2 fully saturated rings. The lowest BCUT2D eigenvalue weighted by molar-refractivity contribution is -0.153. The number of amidine groups is 1. The standard InChI is InChI=1S/C27H33N5O4/c1-4-12-22(20(5-2)25(34)31(3)19-15-10-7-11-16-19)36-17-21-23(33)26(35)32-27(28-21)29-24(30-32)18-13-8-6-9-14-18/h4-6,8-9,12-14,19,21,27-28H,1,7,10-11,15-17H2,2-3H3,(H,29,30). The van der Waals surface area contributed by atoms with Crippen LogP contribution in [-0.2, 0) is 19.1 Å². The number of allylic oxidation sites excluding steroid dienone is 3. The number of hydrogen-bond acceptors (Lipinski definition) is 7. The summed E-state index contributed by atoms with van der Waals surface area (Å²) in [7, 11) is 1.82. The number of benzene rings is 1. The van der Waals surface area contributed by atoms with Gasteiger partial charge in [0.25, 0.3) is 5.91 Å². The zero-order valence-corrected chi connectivity index (χ0v) is 20.8. The molecule has 3 aliphatic rings. The Morgan fingerprint density at radius 1 is 1.22 bits per heavy atom. The molecule has 0 spiro atoms. The Kier molecular flexibility index (Phi) is 8.00. The Morgan fingerprint density at radius 2 is 1.94 bits per heavy atom. The van der Waals surface area contributed by atoms with Gasteiger partial charge in [-0.25, -0.2) is 10.0 Å². The monoisotopic (exact) mass is 491 g/mol. The lowest BCUT2D eigenvalue weighted by Gasteiger charge is -2.33. The SMILES string of the molecule is C=CC=C(OCC1NC2N=C(c3ccccc3)NN2C(=O)C1=O)C(=CC)C(=O)N(C)C1CCCCC1. The van der Waals surface area contributed by atoms with Crippen molar-refractivity contribution in [1.82, 2.24) is 20.7 Å². The number of likely N-dealkylation sites (N-methyl/N-ethyl adjacent to an activating group) is 1. The maximum atomic E-state index is 13.3. The predicted octanol–water partition coefficient (Wildman–Crippen LogP) is 2.43. The van der Waals surface area contributed by atoms with Crippen LogP contribution in [0.1, 0.15) is 44.6 Å². The summed E-state index contributed by atoms with van der Waals surface area (Å²) in [5.41, 5.74) is 4.10. The first kappa shape index (κ1) is 25.4. The number of fused-ring (bicyclic) bond motifs is 1. The number of nitrogens with one attached hydrogen (secondary N) is 2. The number of ether oxygens (including phenoxy) is 1. The van der Waals surface area contributed by atoms with E-state index in [-0.39, 0.29) is 18.6 Å². The second kappa shape index (κ2) is 11.3. The van der Waals surface area contributed by atoms with Gasteiger partial charge in [0.1, 0.15) is 18.4 Å².